The smallest absolute Gasteiger partial charge is 0.0208 e. The molecule has 0 aliphatic rings. The molecule has 0 aliphatic heterocycles. The minimum Gasteiger partial charge on any atom is -0.313 e. The monoisotopic (exact) mass is 251 g/mol. The molecule has 17 heavy (non-hydrogen) atoms. The first kappa shape index (κ1) is 14.6. The molecule has 1 aromatic carbocycles. The second kappa shape index (κ2) is 7.78. The number of hydrogen-bond acceptors (Lipinski definition) is 2. The van der Waals surface area contributed by atoms with Gasteiger partial charge in [-0.3, -0.25) is 0 Å². The van der Waals surface area contributed by atoms with Crippen LogP contribution in [0, 0.1) is 20.8 Å². The van der Waals surface area contributed by atoms with Crippen LogP contribution in [0.4, 0.5) is 0 Å². The van der Waals surface area contributed by atoms with Crippen molar-refractivity contribution in [3.05, 3.63) is 34.4 Å². The zero-order valence-electron chi connectivity index (χ0n) is 11.6. The summed E-state index contributed by atoms with van der Waals surface area (Å²) in [6.07, 6.45) is 1.27. The van der Waals surface area contributed by atoms with Crippen molar-refractivity contribution >= 4 is 11.8 Å². The first-order valence-corrected chi connectivity index (χ1v) is 7.65. The van der Waals surface area contributed by atoms with E-state index in [0.29, 0.717) is 0 Å². The van der Waals surface area contributed by atoms with Crippen molar-refractivity contribution in [3.8, 4) is 0 Å². The third kappa shape index (κ3) is 5.13. The van der Waals surface area contributed by atoms with Gasteiger partial charge >= 0.3 is 0 Å². The molecule has 1 aromatic rings. The highest BCUT2D eigenvalue weighted by molar-refractivity contribution is 7.99. The molecule has 0 heterocycles. The van der Waals surface area contributed by atoms with Crippen LogP contribution in [0.15, 0.2) is 12.1 Å². The van der Waals surface area contributed by atoms with Gasteiger partial charge in [0.05, 0.1) is 0 Å². The van der Waals surface area contributed by atoms with Gasteiger partial charge in [-0.2, -0.15) is 11.8 Å². The highest BCUT2D eigenvalue weighted by Crippen LogP contribution is 2.15. The van der Waals surface area contributed by atoms with E-state index in [9.17, 15) is 0 Å². The molecule has 0 aromatic heterocycles. The molecule has 96 valence electrons. The Morgan fingerprint density at radius 1 is 1.06 bits per heavy atom. The second-order valence-corrected chi connectivity index (χ2v) is 5.98. The zero-order chi connectivity index (χ0) is 12.7. The predicted molar refractivity (Wildman–Crippen MR) is 80.0 cm³/mol. The van der Waals surface area contributed by atoms with Crippen molar-refractivity contribution in [2.75, 3.05) is 18.1 Å². The Hall–Kier alpha value is -0.470. The molecule has 1 rings (SSSR count). The summed E-state index contributed by atoms with van der Waals surface area (Å²) in [5, 5.41) is 3.53. The Morgan fingerprint density at radius 3 is 2.47 bits per heavy atom. The average Bonchev–Trinajstić information content (AvgIpc) is 2.30. The van der Waals surface area contributed by atoms with Crippen molar-refractivity contribution < 1.29 is 0 Å². The molecule has 0 bridgehead atoms. The number of aryl methyl sites for hydroxylation is 3. The Balaban J connectivity index is 2.34. The van der Waals surface area contributed by atoms with Crippen LogP contribution in [0.1, 0.15) is 35.6 Å². The van der Waals surface area contributed by atoms with E-state index in [0.717, 1.165) is 13.1 Å². The van der Waals surface area contributed by atoms with Crippen molar-refractivity contribution in [3.63, 3.8) is 0 Å². The lowest BCUT2D eigenvalue weighted by atomic mass is 10.0. The third-order valence-corrected chi connectivity index (χ3v) is 4.10. The summed E-state index contributed by atoms with van der Waals surface area (Å²) in [5.41, 5.74) is 5.64. The topological polar surface area (TPSA) is 12.0 Å². The SMILES string of the molecule is CCSCCCNCc1cc(C)c(C)cc1C. The van der Waals surface area contributed by atoms with E-state index in [-0.39, 0.29) is 0 Å². The standard InChI is InChI=1S/C15H25NS/c1-5-17-8-6-7-16-11-15-10-13(3)12(2)9-14(15)4/h9-10,16H,5-8,11H2,1-4H3. The van der Waals surface area contributed by atoms with Crippen molar-refractivity contribution in [1.82, 2.24) is 5.32 Å². The zero-order valence-corrected chi connectivity index (χ0v) is 12.4. The number of benzene rings is 1. The number of nitrogens with one attached hydrogen (secondary N) is 1. The lowest BCUT2D eigenvalue weighted by molar-refractivity contribution is 0.676. The van der Waals surface area contributed by atoms with Crippen molar-refractivity contribution in [1.29, 1.82) is 0 Å². The van der Waals surface area contributed by atoms with E-state index >= 15 is 0 Å². The summed E-state index contributed by atoms with van der Waals surface area (Å²) in [4.78, 5) is 0. The molecule has 2 heteroatoms. The van der Waals surface area contributed by atoms with Crippen LogP contribution in [-0.2, 0) is 6.54 Å². The second-order valence-electron chi connectivity index (χ2n) is 4.59. The largest absolute Gasteiger partial charge is 0.313 e. The maximum absolute atomic E-state index is 3.53. The lowest BCUT2D eigenvalue weighted by Crippen LogP contribution is -2.16. The first-order valence-electron chi connectivity index (χ1n) is 6.50. The van der Waals surface area contributed by atoms with Gasteiger partial charge in [-0.05, 0) is 67.5 Å². The van der Waals surface area contributed by atoms with Gasteiger partial charge in [0.1, 0.15) is 0 Å². The minimum atomic E-state index is 1.00. The van der Waals surface area contributed by atoms with E-state index in [1.54, 1.807) is 0 Å². The van der Waals surface area contributed by atoms with Gasteiger partial charge in [0.25, 0.3) is 0 Å². The molecule has 0 amide bonds. The van der Waals surface area contributed by atoms with Gasteiger partial charge in [0.15, 0.2) is 0 Å². The molecular weight excluding hydrogens is 226 g/mol. The van der Waals surface area contributed by atoms with E-state index in [2.05, 4.69) is 45.1 Å². The summed E-state index contributed by atoms with van der Waals surface area (Å²) in [6.45, 7) is 10.9. The summed E-state index contributed by atoms with van der Waals surface area (Å²) in [5.74, 6) is 2.51. The minimum absolute atomic E-state index is 1.00. The number of rotatable bonds is 7. The van der Waals surface area contributed by atoms with Crippen LogP contribution in [-0.4, -0.2) is 18.1 Å². The van der Waals surface area contributed by atoms with Crippen LogP contribution < -0.4 is 5.32 Å². The molecule has 0 aliphatic carbocycles. The summed E-state index contributed by atoms with van der Waals surface area (Å²) < 4.78 is 0. The fraction of sp³-hybridized carbons (Fsp3) is 0.600. The Bertz CT molecular complexity index is 347. The summed E-state index contributed by atoms with van der Waals surface area (Å²) in [6, 6.07) is 4.61. The van der Waals surface area contributed by atoms with Crippen LogP contribution >= 0.6 is 11.8 Å². The number of hydrogen-bond donors (Lipinski definition) is 1. The fourth-order valence-corrected chi connectivity index (χ4v) is 2.51. The summed E-state index contributed by atoms with van der Waals surface area (Å²) in [7, 11) is 0. The molecule has 0 radical (unpaired) electrons. The Morgan fingerprint density at radius 2 is 1.76 bits per heavy atom. The highest BCUT2D eigenvalue weighted by Gasteiger charge is 2.01. The average molecular weight is 251 g/mol. The normalized spacial score (nSPS) is 10.8. The maximum Gasteiger partial charge on any atom is 0.0208 e. The van der Waals surface area contributed by atoms with Crippen molar-refractivity contribution in [2.45, 2.75) is 40.7 Å². The van der Waals surface area contributed by atoms with Gasteiger partial charge in [-0.1, -0.05) is 19.1 Å². The quantitative estimate of drug-likeness (QED) is 0.739. The molecule has 0 unspecified atom stereocenters. The Labute approximate surface area is 110 Å². The molecule has 0 saturated carbocycles. The van der Waals surface area contributed by atoms with E-state index in [1.807, 2.05) is 11.8 Å². The molecule has 0 saturated heterocycles. The molecule has 0 fully saturated rings. The maximum atomic E-state index is 3.53. The van der Waals surface area contributed by atoms with Crippen LogP contribution in [0.3, 0.4) is 0 Å². The van der Waals surface area contributed by atoms with E-state index in [4.69, 9.17) is 0 Å². The molecule has 1 N–H and O–H groups in total. The van der Waals surface area contributed by atoms with Crippen molar-refractivity contribution in [2.24, 2.45) is 0 Å². The van der Waals surface area contributed by atoms with Crippen LogP contribution in [0.2, 0.25) is 0 Å². The molecule has 1 nitrogen and oxygen atoms in total. The fourth-order valence-electron chi connectivity index (χ4n) is 1.88. The van der Waals surface area contributed by atoms with Gasteiger partial charge in [-0.25, -0.2) is 0 Å². The molecule has 0 spiro atoms. The van der Waals surface area contributed by atoms with Gasteiger partial charge in [-0.15, -0.1) is 0 Å². The highest BCUT2D eigenvalue weighted by atomic mass is 32.2. The number of thioether (sulfide) groups is 1. The third-order valence-electron chi connectivity index (χ3n) is 3.11. The predicted octanol–water partition coefficient (Wildman–Crippen LogP) is 3.84. The first-order chi connectivity index (χ1) is 8.15. The molecular formula is C15H25NS. The lowest BCUT2D eigenvalue weighted by Gasteiger charge is -2.11. The molecule has 0 atom stereocenters. The van der Waals surface area contributed by atoms with Crippen LogP contribution in [0.5, 0.6) is 0 Å². The Kier molecular flexibility index (Phi) is 6.68. The van der Waals surface area contributed by atoms with Gasteiger partial charge < -0.3 is 5.32 Å². The van der Waals surface area contributed by atoms with Gasteiger partial charge in [0, 0.05) is 6.54 Å². The van der Waals surface area contributed by atoms with Gasteiger partial charge in [0.2, 0.25) is 0 Å². The van der Waals surface area contributed by atoms with E-state index in [1.165, 1.54) is 40.2 Å². The van der Waals surface area contributed by atoms with Crippen LogP contribution in [0.25, 0.3) is 0 Å². The van der Waals surface area contributed by atoms with E-state index < -0.39 is 0 Å². The summed E-state index contributed by atoms with van der Waals surface area (Å²) >= 11 is 2.02.